The summed E-state index contributed by atoms with van der Waals surface area (Å²) in [7, 11) is 0. The first kappa shape index (κ1) is 14.0. The molecule has 0 amide bonds. The van der Waals surface area contributed by atoms with Gasteiger partial charge >= 0.3 is 0 Å². The van der Waals surface area contributed by atoms with Crippen LogP contribution >= 0.6 is 0 Å². The Labute approximate surface area is 100 Å². The Bertz CT molecular complexity index is 172. The molecule has 0 aromatic heterocycles. The molecule has 96 valence electrons. The lowest BCUT2D eigenvalue weighted by molar-refractivity contribution is 0.0223. The van der Waals surface area contributed by atoms with Crippen LogP contribution in [-0.2, 0) is 4.74 Å². The van der Waals surface area contributed by atoms with E-state index in [9.17, 15) is 5.11 Å². The molecule has 1 N–H and O–H groups in total. The van der Waals surface area contributed by atoms with E-state index >= 15 is 0 Å². The van der Waals surface area contributed by atoms with E-state index in [4.69, 9.17) is 4.74 Å². The molecule has 2 nitrogen and oxygen atoms in total. The summed E-state index contributed by atoms with van der Waals surface area (Å²) in [6, 6.07) is 0. The first-order chi connectivity index (χ1) is 7.63. The number of aliphatic hydroxyl groups excluding tert-OH is 1. The van der Waals surface area contributed by atoms with Gasteiger partial charge in [-0.15, -0.1) is 0 Å². The maximum absolute atomic E-state index is 10.1. The summed E-state index contributed by atoms with van der Waals surface area (Å²) in [4.78, 5) is 0. The van der Waals surface area contributed by atoms with Gasteiger partial charge in [-0.3, -0.25) is 0 Å². The molecule has 1 saturated carbocycles. The second-order valence-electron chi connectivity index (χ2n) is 5.65. The zero-order valence-electron chi connectivity index (χ0n) is 11.1. The monoisotopic (exact) mass is 228 g/mol. The highest BCUT2D eigenvalue weighted by atomic mass is 16.5. The van der Waals surface area contributed by atoms with Crippen molar-refractivity contribution in [3.8, 4) is 0 Å². The van der Waals surface area contributed by atoms with Gasteiger partial charge in [0, 0.05) is 13.2 Å². The van der Waals surface area contributed by atoms with Gasteiger partial charge < -0.3 is 9.84 Å². The third-order valence-corrected chi connectivity index (χ3v) is 3.67. The van der Waals surface area contributed by atoms with Crippen molar-refractivity contribution in [1.82, 2.24) is 0 Å². The maximum Gasteiger partial charge on any atom is 0.0590 e. The Balaban J connectivity index is 2.21. The molecule has 16 heavy (non-hydrogen) atoms. The normalized spacial score (nSPS) is 32.6. The van der Waals surface area contributed by atoms with E-state index in [1.165, 1.54) is 19.3 Å². The number of aliphatic hydroxyl groups is 1. The van der Waals surface area contributed by atoms with Crippen molar-refractivity contribution in [3.05, 3.63) is 0 Å². The average molecular weight is 228 g/mol. The molecule has 1 aliphatic carbocycles. The van der Waals surface area contributed by atoms with Crippen LogP contribution in [0.4, 0.5) is 0 Å². The van der Waals surface area contributed by atoms with Gasteiger partial charge in [0.2, 0.25) is 0 Å². The van der Waals surface area contributed by atoms with E-state index in [1.807, 2.05) is 0 Å². The van der Waals surface area contributed by atoms with E-state index in [0.717, 1.165) is 31.3 Å². The van der Waals surface area contributed by atoms with E-state index in [2.05, 4.69) is 20.8 Å². The van der Waals surface area contributed by atoms with Crippen molar-refractivity contribution in [2.75, 3.05) is 13.2 Å². The van der Waals surface area contributed by atoms with Crippen LogP contribution in [0, 0.1) is 17.8 Å². The minimum Gasteiger partial charge on any atom is -0.393 e. The molecular weight excluding hydrogens is 200 g/mol. The molecule has 1 rings (SSSR count). The van der Waals surface area contributed by atoms with Crippen LogP contribution in [0.2, 0.25) is 0 Å². The van der Waals surface area contributed by atoms with Gasteiger partial charge in [-0.1, -0.05) is 20.8 Å². The Morgan fingerprint density at radius 2 is 1.75 bits per heavy atom. The third-order valence-electron chi connectivity index (χ3n) is 3.67. The summed E-state index contributed by atoms with van der Waals surface area (Å²) in [5.74, 6) is 2.06. The lowest BCUT2D eigenvalue weighted by Crippen LogP contribution is -2.30. The number of hydrogen-bond donors (Lipinski definition) is 1. The summed E-state index contributed by atoms with van der Waals surface area (Å²) in [5, 5.41) is 10.1. The van der Waals surface area contributed by atoms with E-state index < -0.39 is 0 Å². The molecule has 3 atom stereocenters. The van der Waals surface area contributed by atoms with Crippen LogP contribution in [0.15, 0.2) is 0 Å². The van der Waals surface area contributed by atoms with Gasteiger partial charge in [-0.2, -0.15) is 0 Å². The molecule has 0 saturated heterocycles. The topological polar surface area (TPSA) is 29.5 Å². The summed E-state index contributed by atoms with van der Waals surface area (Å²) < 4.78 is 5.44. The SMILES string of the molecule is CCCOCCC(O)C1CC(C)CC(C)C1. The van der Waals surface area contributed by atoms with Crippen LogP contribution < -0.4 is 0 Å². The molecular formula is C14H28O2. The van der Waals surface area contributed by atoms with Crippen LogP contribution in [0.1, 0.15) is 52.9 Å². The predicted molar refractivity (Wildman–Crippen MR) is 67.4 cm³/mol. The highest BCUT2D eigenvalue weighted by Gasteiger charge is 2.28. The molecule has 1 fully saturated rings. The fourth-order valence-electron chi connectivity index (χ4n) is 3.01. The molecule has 0 aromatic carbocycles. The zero-order chi connectivity index (χ0) is 12.0. The molecule has 0 aromatic rings. The summed E-state index contributed by atoms with van der Waals surface area (Å²) in [5.41, 5.74) is 0. The van der Waals surface area contributed by atoms with Gasteiger partial charge in [0.15, 0.2) is 0 Å². The lowest BCUT2D eigenvalue weighted by atomic mass is 9.74. The summed E-state index contributed by atoms with van der Waals surface area (Å²) in [6.45, 7) is 8.27. The highest BCUT2D eigenvalue weighted by molar-refractivity contribution is 4.79. The smallest absolute Gasteiger partial charge is 0.0590 e. The first-order valence-electron chi connectivity index (χ1n) is 6.89. The minimum absolute atomic E-state index is 0.151. The molecule has 0 radical (unpaired) electrons. The average Bonchev–Trinajstić information content (AvgIpc) is 2.22. The van der Waals surface area contributed by atoms with Gasteiger partial charge in [0.1, 0.15) is 0 Å². The van der Waals surface area contributed by atoms with Gasteiger partial charge in [0.05, 0.1) is 6.10 Å². The fraction of sp³-hybridized carbons (Fsp3) is 1.00. The lowest BCUT2D eigenvalue weighted by Gasteiger charge is -2.34. The van der Waals surface area contributed by atoms with Crippen molar-refractivity contribution < 1.29 is 9.84 Å². The van der Waals surface area contributed by atoms with Crippen LogP contribution in [-0.4, -0.2) is 24.4 Å². The van der Waals surface area contributed by atoms with Crippen molar-refractivity contribution in [2.45, 2.75) is 59.0 Å². The molecule has 0 spiro atoms. The highest BCUT2D eigenvalue weighted by Crippen LogP contribution is 2.35. The second kappa shape index (κ2) is 7.29. The van der Waals surface area contributed by atoms with Gasteiger partial charge in [-0.05, 0) is 49.9 Å². The van der Waals surface area contributed by atoms with E-state index in [1.54, 1.807) is 0 Å². The molecule has 0 aliphatic heterocycles. The third kappa shape index (κ3) is 4.84. The van der Waals surface area contributed by atoms with E-state index in [-0.39, 0.29) is 6.10 Å². The molecule has 0 bridgehead atoms. The zero-order valence-corrected chi connectivity index (χ0v) is 11.1. The second-order valence-corrected chi connectivity index (χ2v) is 5.65. The molecule has 2 heteroatoms. The quantitative estimate of drug-likeness (QED) is 0.707. The van der Waals surface area contributed by atoms with Crippen molar-refractivity contribution >= 4 is 0 Å². The largest absolute Gasteiger partial charge is 0.393 e. The number of rotatable bonds is 6. The molecule has 1 aliphatic rings. The fourth-order valence-corrected chi connectivity index (χ4v) is 3.01. The van der Waals surface area contributed by atoms with Crippen molar-refractivity contribution in [1.29, 1.82) is 0 Å². The van der Waals surface area contributed by atoms with Crippen molar-refractivity contribution in [2.24, 2.45) is 17.8 Å². The van der Waals surface area contributed by atoms with Crippen LogP contribution in [0.5, 0.6) is 0 Å². The number of hydrogen-bond acceptors (Lipinski definition) is 2. The van der Waals surface area contributed by atoms with Crippen molar-refractivity contribution in [3.63, 3.8) is 0 Å². The molecule has 3 unspecified atom stereocenters. The Morgan fingerprint density at radius 3 is 2.31 bits per heavy atom. The van der Waals surface area contributed by atoms with Gasteiger partial charge in [0.25, 0.3) is 0 Å². The summed E-state index contributed by atoms with van der Waals surface area (Å²) >= 11 is 0. The minimum atomic E-state index is -0.151. The van der Waals surface area contributed by atoms with Crippen LogP contribution in [0.3, 0.4) is 0 Å². The Hall–Kier alpha value is -0.0800. The summed E-state index contributed by atoms with van der Waals surface area (Å²) in [6.07, 6.45) is 5.44. The Morgan fingerprint density at radius 1 is 1.12 bits per heavy atom. The Kier molecular flexibility index (Phi) is 6.37. The molecule has 0 heterocycles. The van der Waals surface area contributed by atoms with Crippen LogP contribution in [0.25, 0.3) is 0 Å². The standard InChI is InChI=1S/C14H28O2/c1-4-6-16-7-5-14(15)13-9-11(2)8-12(3)10-13/h11-15H,4-10H2,1-3H3. The number of ether oxygens (including phenoxy) is 1. The van der Waals surface area contributed by atoms with Gasteiger partial charge in [-0.25, -0.2) is 0 Å². The van der Waals surface area contributed by atoms with E-state index in [0.29, 0.717) is 12.5 Å². The maximum atomic E-state index is 10.1. The first-order valence-corrected chi connectivity index (χ1v) is 6.89. The predicted octanol–water partition coefficient (Wildman–Crippen LogP) is 3.24.